The monoisotopic (exact) mass is 417 g/mol. The highest BCUT2D eigenvalue weighted by Crippen LogP contribution is 2.35. The lowest BCUT2D eigenvalue weighted by molar-refractivity contribution is -0.117. The Morgan fingerprint density at radius 3 is 2.87 bits per heavy atom. The predicted molar refractivity (Wildman–Crippen MR) is 113 cm³/mol. The molecule has 0 saturated heterocycles. The Bertz CT molecular complexity index is 1190. The van der Waals surface area contributed by atoms with E-state index in [0.29, 0.717) is 11.6 Å². The minimum atomic E-state index is -0.810. The number of carbonyl (C=O) groups excluding carboxylic acids is 1. The zero-order valence-electron chi connectivity index (χ0n) is 17.0. The minimum absolute atomic E-state index is 0.0111. The molecule has 0 aliphatic heterocycles. The SMILES string of the molecule is N#Cc1cc(-c2ccn3nc(NC(=O)C4CC4)cc3c2)c(OCC2(O)CCCC2)cn1. The molecule has 0 unspecified atom stereocenters. The fraction of sp³-hybridized carbons (Fsp3) is 0.391. The maximum absolute atomic E-state index is 12.0. The first-order valence-corrected chi connectivity index (χ1v) is 10.6. The van der Waals surface area contributed by atoms with Crippen molar-refractivity contribution in [2.75, 3.05) is 11.9 Å². The Hall–Kier alpha value is -3.44. The summed E-state index contributed by atoms with van der Waals surface area (Å²) in [4.78, 5) is 16.2. The molecule has 3 heterocycles. The Morgan fingerprint density at radius 1 is 1.32 bits per heavy atom. The molecule has 0 aromatic carbocycles. The number of amides is 1. The van der Waals surface area contributed by atoms with Gasteiger partial charge in [0.05, 0.1) is 17.3 Å². The van der Waals surface area contributed by atoms with E-state index in [1.807, 2.05) is 18.2 Å². The number of nitriles is 1. The van der Waals surface area contributed by atoms with Gasteiger partial charge < -0.3 is 15.2 Å². The van der Waals surface area contributed by atoms with Crippen molar-refractivity contribution in [3.63, 3.8) is 0 Å². The van der Waals surface area contributed by atoms with E-state index in [4.69, 9.17) is 4.74 Å². The molecule has 31 heavy (non-hydrogen) atoms. The summed E-state index contributed by atoms with van der Waals surface area (Å²) in [6, 6.07) is 9.37. The Kier molecular flexibility index (Phi) is 4.83. The Labute approximate surface area is 179 Å². The molecule has 0 spiro atoms. The van der Waals surface area contributed by atoms with Crippen molar-refractivity contribution in [1.29, 1.82) is 5.26 Å². The number of pyridine rings is 2. The van der Waals surface area contributed by atoms with E-state index >= 15 is 0 Å². The van der Waals surface area contributed by atoms with E-state index in [0.717, 1.165) is 55.2 Å². The predicted octanol–water partition coefficient (Wildman–Crippen LogP) is 3.30. The van der Waals surface area contributed by atoms with E-state index < -0.39 is 5.60 Å². The third kappa shape index (κ3) is 4.09. The molecule has 1 amide bonds. The molecule has 0 atom stereocenters. The number of hydrogen-bond acceptors (Lipinski definition) is 6. The normalized spacial score (nSPS) is 17.4. The molecule has 8 nitrogen and oxygen atoms in total. The van der Waals surface area contributed by atoms with Crippen molar-refractivity contribution < 1.29 is 14.6 Å². The van der Waals surface area contributed by atoms with Crippen LogP contribution in [0.5, 0.6) is 5.75 Å². The highest BCUT2D eigenvalue weighted by Gasteiger charge is 2.32. The van der Waals surface area contributed by atoms with E-state index in [-0.39, 0.29) is 24.1 Å². The number of ether oxygens (including phenoxy) is 1. The van der Waals surface area contributed by atoms with Crippen molar-refractivity contribution >= 4 is 17.2 Å². The van der Waals surface area contributed by atoms with Crippen molar-refractivity contribution in [2.24, 2.45) is 5.92 Å². The topological polar surface area (TPSA) is 113 Å². The Morgan fingerprint density at radius 2 is 2.13 bits per heavy atom. The molecule has 0 radical (unpaired) electrons. The fourth-order valence-corrected chi connectivity index (χ4v) is 4.03. The van der Waals surface area contributed by atoms with Gasteiger partial charge in [0.2, 0.25) is 5.91 Å². The van der Waals surface area contributed by atoms with E-state index in [1.54, 1.807) is 16.8 Å². The third-order valence-corrected chi connectivity index (χ3v) is 5.99. The number of aromatic nitrogens is 3. The minimum Gasteiger partial charge on any atom is -0.488 e. The molecule has 2 aliphatic rings. The van der Waals surface area contributed by atoms with Crippen LogP contribution in [0.2, 0.25) is 0 Å². The molecular formula is C23H23N5O3. The molecule has 2 saturated carbocycles. The average molecular weight is 417 g/mol. The molecule has 2 fully saturated rings. The highest BCUT2D eigenvalue weighted by molar-refractivity contribution is 5.93. The van der Waals surface area contributed by atoms with Crippen LogP contribution in [0.15, 0.2) is 36.7 Å². The van der Waals surface area contributed by atoms with Gasteiger partial charge in [-0.1, -0.05) is 12.8 Å². The fourth-order valence-electron chi connectivity index (χ4n) is 4.03. The zero-order valence-corrected chi connectivity index (χ0v) is 17.0. The van der Waals surface area contributed by atoms with Gasteiger partial charge in [-0.25, -0.2) is 9.50 Å². The van der Waals surface area contributed by atoms with E-state index in [9.17, 15) is 15.2 Å². The summed E-state index contributed by atoms with van der Waals surface area (Å²) < 4.78 is 7.67. The lowest BCUT2D eigenvalue weighted by Crippen LogP contribution is -2.32. The number of nitrogens with zero attached hydrogens (tertiary/aromatic N) is 4. The van der Waals surface area contributed by atoms with Gasteiger partial charge in [-0.3, -0.25) is 4.79 Å². The van der Waals surface area contributed by atoms with Crippen LogP contribution in [0.25, 0.3) is 16.6 Å². The quantitative estimate of drug-likeness (QED) is 0.636. The first-order chi connectivity index (χ1) is 15.0. The van der Waals surface area contributed by atoms with Crippen molar-refractivity contribution in [3.8, 4) is 22.9 Å². The van der Waals surface area contributed by atoms with Crippen LogP contribution in [-0.2, 0) is 4.79 Å². The van der Waals surface area contributed by atoms with Crippen LogP contribution in [0, 0.1) is 17.2 Å². The summed E-state index contributed by atoms with van der Waals surface area (Å²) in [5, 5.41) is 27.2. The van der Waals surface area contributed by atoms with E-state index in [1.165, 1.54) is 6.20 Å². The van der Waals surface area contributed by atoms with Crippen LogP contribution in [0.3, 0.4) is 0 Å². The smallest absolute Gasteiger partial charge is 0.228 e. The van der Waals surface area contributed by atoms with Crippen molar-refractivity contribution in [3.05, 3.63) is 42.4 Å². The number of fused-ring (bicyclic) bond motifs is 1. The summed E-state index contributed by atoms with van der Waals surface area (Å²) in [5.74, 6) is 1.15. The molecule has 3 aromatic rings. The maximum Gasteiger partial charge on any atom is 0.228 e. The molecule has 158 valence electrons. The van der Waals surface area contributed by atoms with Crippen LogP contribution in [0.4, 0.5) is 5.82 Å². The van der Waals surface area contributed by atoms with Crippen LogP contribution in [0.1, 0.15) is 44.2 Å². The molecular weight excluding hydrogens is 394 g/mol. The summed E-state index contributed by atoms with van der Waals surface area (Å²) in [6.07, 6.45) is 8.65. The van der Waals surface area contributed by atoms with Crippen LogP contribution < -0.4 is 10.1 Å². The van der Waals surface area contributed by atoms with Crippen LogP contribution in [-0.4, -0.2) is 37.8 Å². The number of hydrogen-bond donors (Lipinski definition) is 2. The third-order valence-electron chi connectivity index (χ3n) is 5.99. The number of anilines is 1. The highest BCUT2D eigenvalue weighted by atomic mass is 16.5. The van der Waals surface area contributed by atoms with Gasteiger partial charge in [0.15, 0.2) is 5.82 Å². The largest absolute Gasteiger partial charge is 0.488 e. The number of carbonyl (C=O) groups is 1. The molecule has 8 heteroatoms. The molecule has 3 aromatic heterocycles. The summed E-state index contributed by atoms with van der Waals surface area (Å²) in [5.41, 5.74) is 1.84. The number of nitrogens with one attached hydrogen (secondary N) is 1. The van der Waals surface area contributed by atoms with Crippen molar-refractivity contribution in [2.45, 2.75) is 44.1 Å². The lowest BCUT2D eigenvalue weighted by Gasteiger charge is -2.23. The standard InChI is InChI=1S/C23H23N5O3/c24-12-17-10-19(20(13-25-17)31-14-23(30)6-1-2-7-23)16-5-8-28-18(9-16)11-21(27-28)26-22(29)15-3-4-15/h5,8-11,13,15,30H,1-4,6-7,14H2,(H,26,27,29). The number of aliphatic hydroxyl groups is 1. The first kappa shape index (κ1) is 19.5. The van der Waals surface area contributed by atoms with Gasteiger partial charge in [-0.2, -0.15) is 10.4 Å². The molecule has 5 rings (SSSR count). The van der Waals surface area contributed by atoms with Gasteiger partial charge in [-0.15, -0.1) is 0 Å². The maximum atomic E-state index is 12.0. The second kappa shape index (κ2) is 7.67. The van der Waals surface area contributed by atoms with Gasteiger partial charge in [0, 0.05) is 23.7 Å². The zero-order chi connectivity index (χ0) is 21.4. The second-order valence-electron chi connectivity index (χ2n) is 8.48. The molecule has 2 N–H and O–H groups in total. The Balaban J connectivity index is 1.44. The van der Waals surface area contributed by atoms with Crippen LogP contribution >= 0.6 is 0 Å². The summed E-state index contributed by atoms with van der Waals surface area (Å²) >= 11 is 0. The van der Waals surface area contributed by atoms with E-state index in [2.05, 4.69) is 21.5 Å². The summed E-state index contributed by atoms with van der Waals surface area (Å²) in [7, 11) is 0. The lowest BCUT2D eigenvalue weighted by atomic mass is 10.0. The average Bonchev–Trinajstić information content (AvgIpc) is 3.43. The van der Waals surface area contributed by atoms with Crippen molar-refractivity contribution in [1.82, 2.24) is 14.6 Å². The van der Waals surface area contributed by atoms with Gasteiger partial charge in [0.25, 0.3) is 0 Å². The van der Waals surface area contributed by atoms with Gasteiger partial charge >= 0.3 is 0 Å². The summed E-state index contributed by atoms with van der Waals surface area (Å²) in [6.45, 7) is 0.194. The molecule has 2 aliphatic carbocycles. The van der Waals surface area contributed by atoms with Gasteiger partial charge in [-0.05, 0) is 49.4 Å². The van der Waals surface area contributed by atoms with Gasteiger partial charge in [0.1, 0.15) is 24.1 Å². The molecule has 0 bridgehead atoms. The first-order valence-electron chi connectivity index (χ1n) is 10.6. The second-order valence-corrected chi connectivity index (χ2v) is 8.48. The number of rotatable bonds is 6.